The number of anilines is 1. The van der Waals surface area contributed by atoms with Crippen LogP contribution in [0.15, 0.2) is 54.6 Å². The zero-order chi connectivity index (χ0) is 18.2. The van der Waals surface area contributed by atoms with Crippen LogP contribution in [0.5, 0.6) is 0 Å². The summed E-state index contributed by atoms with van der Waals surface area (Å²) in [4.78, 5) is 25.6. The van der Waals surface area contributed by atoms with Gasteiger partial charge in [0.1, 0.15) is 6.04 Å². The second-order valence-electron chi connectivity index (χ2n) is 6.21. The smallest absolute Gasteiger partial charge is 0.326 e. The molecule has 0 radical (unpaired) electrons. The first-order valence-electron chi connectivity index (χ1n) is 8.28. The maximum Gasteiger partial charge on any atom is 0.326 e. The van der Waals surface area contributed by atoms with Gasteiger partial charge in [-0.05, 0) is 29.7 Å². The van der Waals surface area contributed by atoms with Crippen LogP contribution in [0.2, 0.25) is 0 Å². The van der Waals surface area contributed by atoms with E-state index in [-0.39, 0.29) is 18.7 Å². The van der Waals surface area contributed by atoms with Gasteiger partial charge in [-0.25, -0.2) is 4.79 Å². The van der Waals surface area contributed by atoms with Crippen molar-refractivity contribution in [3.63, 3.8) is 0 Å². The summed E-state index contributed by atoms with van der Waals surface area (Å²) in [6.45, 7) is 0. The Morgan fingerprint density at radius 3 is 2.36 bits per heavy atom. The number of carbonyl (C=O) groups is 2. The Morgan fingerprint density at radius 1 is 1.04 bits per heavy atom. The Morgan fingerprint density at radius 2 is 1.72 bits per heavy atom. The summed E-state index contributed by atoms with van der Waals surface area (Å²) in [6.07, 6.45) is 1.11. The second-order valence-corrected chi connectivity index (χ2v) is 6.21. The van der Waals surface area contributed by atoms with Crippen molar-refractivity contribution in [1.29, 1.82) is 0 Å². The molecule has 2 aromatic carbocycles. The minimum atomic E-state index is -1.02. The van der Waals surface area contributed by atoms with Crippen LogP contribution >= 0.6 is 0 Å². The molecule has 0 aliphatic carbocycles. The Balaban J connectivity index is 1.91. The van der Waals surface area contributed by atoms with Crippen LogP contribution in [0.4, 0.5) is 5.69 Å². The van der Waals surface area contributed by atoms with Crippen molar-refractivity contribution in [2.45, 2.75) is 25.3 Å². The van der Waals surface area contributed by atoms with Gasteiger partial charge in [-0.1, -0.05) is 42.5 Å². The zero-order valence-corrected chi connectivity index (χ0v) is 14.6. The lowest BCUT2D eigenvalue weighted by Crippen LogP contribution is -2.42. The molecule has 0 fully saturated rings. The van der Waals surface area contributed by atoms with E-state index in [9.17, 15) is 14.7 Å². The highest BCUT2D eigenvalue weighted by atomic mass is 16.4. The molecule has 25 heavy (non-hydrogen) atoms. The van der Waals surface area contributed by atoms with Crippen LogP contribution in [0, 0.1) is 0 Å². The van der Waals surface area contributed by atoms with E-state index in [2.05, 4.69) is 5.32 Å². The lowest BCUT2D eigenvalue weighted by Gasteiger charge is -2.15. The number of carboxylic acids is 1. The van der Waals surface area contributed by atoms with E-state index in [0.717, 1.165) is 16.8 Å². The number of aliphatic carboxylic acids is 1. The Kier molecular flexibility index (Phi) is 6.57. The number of hydrogen-bond donors (Lipinski definition) is 2. The van der Waals surface area contributed by atoms with Gasteiger partial charge in [-0.3, -0.25) is 4.79 Å². The molecule has 0 saturated heterocycles. The summed E-state index contributed by atoms with van der Waals surface area (Å²) in [6, 6.07) is 16.3. The molecule has 0 unspecified atom stereocenters. The Labute approximate surface area is 148 Å². The topological polar surface area (TPSA) is 69.6 Å². The van der Waals surface area contributed by atoms with Crippen molar-refractivity contribution in [3.8, 4) is 0 Å². The second kappa shape index (κ2) is 8.87. The fourth-order valence-electron chi connectivity index (χ4n) is 2.56. The maximum atomic E-state index is 12.2. The molecule has 2 rings (SSSR count). The van der Waals surface area contributed by atoms with Crippen molar-refractivity contribution < 1.29 is 14.7 Å². The van der Waals surface area contributed by atoms with Crippen LogP contribution in [0.1, 0.15) is 17.5 Å². The monoisotopic (exact) mass is 340 g/mol. The summed E-state index contributed by atoms with van der Waals surface area (Å²) in [5.41, 5.74) is 3.01. The first kappa shape index (κ1) is 18.5. The lowest BCUT2D eigenvalue weighted by molar-refractivity contribution is -0.141. The SMILES string of the molecule is CN(C)c1cccc(CCC(=O)N[C@@H](Cc2ccccc2)C(=O)O)c1. The van der Waals surface area contributed by atoms with E-state index >= 15 is 0 Å². The summed E-state index contributed by atoms with van der Waals surface area (Å²) < 4.78 is 0. The van der Waals surface area contributed by atoms with Crippen LogP contribution in [0.3, 0.4) is 0 Å². The standard InChI is InChI=1S/C20H24N2O3/c1-22(2)17-10-6-9-16(13-17)11-12-19(23)21-18(20(24)25)14-15-7-4-3-5-8-15/h3-10,13,18H,11-12,14H2,1-2H3,(H,21,23)(H,24,25)/t18-/m0/s1. The van der Waals surface area contributed by atoms with Gasteiger partial charge in [0.25, 0.3) is 0 Å². The van der Waals surface area contributed by atoms with E-state index in [1.54, 1.807) is 0 Å². The maximum absolute atomic E-state index is 12.2. The average molecular weight is 340 g/mol. The highest BCUT2D eigenvalue weighted by Gasteiger charge is 2.20. The molecule has 0 aliphatic heterocycles. The van der Waals surface area contributed by atoms with Crippen LogP contribution in [-0.2, 0) is 22.4 Å². The number of rotatable bonds is 8. The molecule has 0 aromatic heterocycles. The van der Waals surface area contributed by atoms with E-state index < -0.39 is 12.0 Å². The third-order valence-electron chi connectivity index (χ3n) is 3.98. The molecule has 5 heteroatoms. The quantitative estimate of drug-likeness (QED) is 0.775. The molecule has 0 saturated carbocycles. The molecule has 0 spiro atoms. The number of benzene rings is 2. The summed E-state index contributed by atoms with van der Waals surface area (Å²) >= 11 is 0. The molecule has 1 amide bonds. The minimum Gasteiger partial charge on any atom is -0.480 e. The van der Waals surface area contributed by atoms with Crippen molar-refractivity contribution in [1.82, 2.24) is 5.32 Å². The molecule has 0 aliphatic rings. The van der Waals surface area contributed by atoms with E-state index in [1.807, 2.05) is 73.6 Å². The zero-order valence-electron chi connectivity index (χ0n) is 14.6. The van der Waals surface area contributed by atoms with Gasteiger partial charge in [0, 0.05) is 32.6 Å². The van der Waals surface area contributed by atoms with Crippen molar-refractivity contribution in [3.05, 3.63) is 65.7 Å². The fraction of sp³-hybridized carbons (Fsp3) is 0.300. The van der Waals surface area contributed by atoms with Gasteiger partial charge in [0.15, 0.2) is 0 Å². The first-order valence-corrected chi connectivity index (χ1v) is 8.28. The predicted molar refractivity (Wildman–Crippen MR) is 98.8 cm³/mol. The molecule has 132 valence electrons. The number of amides is 1. The third-order valence-corrected chi connectivity index (χ3v) is 3.98. The normalized spacial score (nSPS) is 11.6. The summed E-state index contributed by atoms with van der Waals surface area (Å²) in [7, 11) is 3.93. The van der Waals surface area contributed by atoms with Crippen LogP contribution in [-0.4, -0.2) is 37.1 Å². The van der Waals surface area contributed by atoms with E-state index in [0.29, 0.717) is 6.42 Å². The van der Waals surface area contributed by atoms with Crippen LogP contribution in [0.25, 0.3) is 0 Å². The molecule has 0 bridgehead atoms. The predicted octanol–water partition coefficient (Wildman–Crippen LogP) is 2.50. The van der Waals surface area contributed by atoms with Gasteiger partial charge in [0.2, 0.25) is 5.91 Å². The third kappa shape index (κ3) is 5.95. The Hall–Kier alpha value is -2.82. The molecule has 0 heterocycles. The molecule has 5 nitrogen and oxygen atoms in total. The van der Waals surface area contributed by atoms with Gasteiger partial charge in [-0.2, -0.15) is 0 Å². The number of carboxylic acid groups (broad SMARTS) is 1. The van der Waals surface area contributed by atoms with Gasteiger partial charge in [-0.15, -0.1) is 0 Å². The van der Waals surface area contributed by atoms with Crippen LogP contribution < -0.4 is 10.2 Å². The summed E-state index contributed by atoms with van der Waals surface area (Å²) in [5.74, 6) is -1.27. The van der Waals surface area contributed by atoms with Crippen molar-refractivity contribution in [2.24, 2.45) is 0 Å². The van der Waals surface area contributed by atoms with Gasteiger partial charge < -0.3 is 15.3 Å². The summed E-state index contributed by atoms with van der Waals surface area (Å²) in [5, 5.41) is 12.0. The van der Waals surface area contributed by atoms with Crippen molar-refractivity contribution >= 4 is 17.6 Å². The average Bonchev–Trinajstić information content (AvgIpc) is 2.60. The molecule has 2 aromatic rings. The number of aryl methyl sites for hydroxylation is 1. The molecular formula is C20H24N2O3. The van der Waals surface area contributed by atoms with Gasteiger partial charge in [0.05, 0.1) is 0 Å². The number of hydrogen-bond acceptors (Lipinski definition) is 3. The van der Waals surface area contributed by atoms with E-state index in [4.69, 9.17) is 0 Å². The van der Waals surface area contributed by atoms with E-state index in [1.165, 1.54) is 0 Å². The lowest BCUT2D eigenvalue weighted by atomic mass is 10.0. The Bertz CT molecular complexity index is 714. The highest BCUT2D eigenvalue weighted by molar-refractivity contribution is 5.83. The number of carbonyl (C=O) groups excluding carboxylic acids is 1. The molecular weight excluding hydrogens is 316 g/mol. The minimum absolute atomic E-state index is 0.251. The molecule has 2 N–H and O–H groups in total. The van der Waals surface area contributed by atoms with Gasteiger partial charge >= 0.3 is 5.97 Å². The highest BCUT2D eigenvalue weighted by Crippen LogP contribution is 2.14. The number of nitrogens with one attached hydrogen (secondary N) is 1. The number of nitrogens with zero attached hydrogens (tertiary/aromatic N) is 1. The van der Waals surface area contributed by atoms with Crippen molar-refractivity contribution in [2.75, 3.05) is 19.0 Å². The molecule has 1 atom stereocenters. The fourth-order valence-corrected chi connectivity index (χ4v) is 2.56. The first-order chi connectivity index (χ1) is 12.0. The largest absolute Gasteiger partial charge is 0.480 e.